The lowest BCUT2D eigenvalue weighted by atomic mass is 10.0. The normalized spacial score (nSPS) is 11.5. The summed E-state index contributed by atoms with van der Waals surface area (Å²) in [5, 5.41) is 13.4. The second kappa shape index (κ2) is 9.44. The van der Waals surface area contributed by atoms with Crippen LogP contribution in [0, 0.1) is 13.8 Å². The zero-order valence-electron chi connectivity index (χ0n) is 19.2. The first-order valence-electron chi connectivity index (χ1n) is 11.2. The molecule has 0 spiro atoms. The number of tetrazole rings is 1. The SMILES string of the molecule is Cc1cc2cc(CN(Cc3ccco3)Cc3nnnn3Cc3ccccc3)c(=O)[nH]c2cc1C. The van der Waals surface area contributed by atoms with E-state index in [-0.39, 0.29) is 5.56 Å². The number of furan rings is 1. The van der Waals surface area contributed by atoms with Gasteiger partial charge in [-0.15, -0.1) is 5.10 Å². The number of H-pyrrole nitrogens is 1. The maximum Gasteiger partial charge on any atom is 0.252 e. The van der Waals surface area contributed by atoms with Gasteiger partial charge >= 0.3 is 0 Å². The molecule has 8 heteroatoms. The fraction of sp³-hybridized carbons (Fsp3) is 0.231. The quantitative estimate of drug-likeness (QED) is 0.381. The molecule has 8 nitrogen and oxygen atoms in total. The highest BCUT2D eigenvalue weighted by Crippen LogP contribution is 2.19. The molecule has 5 aromatic rings. The molecule has 0 unspecified atom stereocenters. The van der Waals surface area contributed by atoms with Crippen LogP contribution >= 0.6 is 0 Å². The lowest BCUT2D eigenvalue weighted by molar-refractivity contribution is 0.217. The number of nitrogens with one attached hydrogen (secondary N) is 1. The van der Waals surface area contributed by atoms with Crippen molar-refractivity contribution in [3.63, 3.8) is 0 Å². The van der Waals surface area contributed by atoms with E-state index >= 15 is 0 Å². The number of aromatic nitrogens is 5. The van der Waals surface area contributed by atoms with Crippen molar-refractivity contribution in [3.8, 4) is 0 Å². The molecule has 172 valence electrons. The Labute approximate surface area is 196 Å². The van der Waals surface area contributed by atoms with E-state index in [1.54, 1.807) is 10.9 Å². The van der Waals surface area contributed by atoms with E-state index in [4.69, 9.17) is 4.42 Å². The Kier molecular flexibility index (Phi) is 6.05. The first kappa shape index (κ1) is 21.8. The number of nitrogens with zero attached hydrogens (tertiary/aromatic N) is 5. The van der Waals surface area contributed by atoms with Crippen molar-refractivity contribution in [2.45, 2.75) is 40.0 Å². The zero-order chi connectivity index (χ0) is 23.5. The minimum atomic E-state index is -0.0934. The molecule has 0 fully saturated rings. The molecule has 2 aromatic carbocycles. The molecule has 3 heterocycles. The Balaban J connectivity index is 1.44. The molecule has 5 rings (SSSR count). The second-order valence-electron chi connectivity index (χ2n) is 8.61. The first-order valence-corrected chi connectivity index (χ1v) is 11.2. The highest BCUT2D eigenvalue weighted by Gasteiger charge is 2.17. The van der Waals surface area contributed by atoms with E-state index < -0.39 is 0 Å². The Morgan fingerprint density at radius 2 is 1.79 bits per heavy atom. The van der Waals surface area contributed by atoms with Gasteiger partial charge in [0, 0.05) is 17.6 Å². The molecule has 0 aliphatic heterocycles. The minimum absolute atomic E-state index is 0.0934. The molecule has 0 amide bonds. The van der Waals surface area contributed by atoms with Crippen LogP contribution in [0.5, 0.6) is 0 Å². The number of pyridine rings is 1. The number of fused-ring (bicyclic) bond motifs is 1. The summed E-state index contributed by atoms with van der Waals surface area (Å²) < 4.78 is 7.38. The fourth-order valence-electron chi connectivity index (χ4n) is 4.09. The zero-order valence-corrected chi connectivity index (χ0v) is 19.2. The molecule has 0 bridgehead atoms. The van der Waals surface area contributed by atoms with Crippen LogP contribution < -0.4 is 5.56 Å². The van der Waals surface area contributed by atoms with Crippen LogP contribution in [-0.4, -0.2) is 30.1 Å². The molecule has 0 saturated heterocycles. The van der Waals surface area contributed by atoms with Gasteiger partial charge in [0.05, 0.1) is 25.9 Å². The van der Waals surface area contributed by atoms with Crippen LogP contribution in [-0.2, 0) is 26.2 Å². The van der Waals surface area contributed by atoms with E-state index in [1.165, 1.54) is 5.56 Å². The fourth-order valence-corrected chi connectivity index (χ4v) is 4.09. The highest BCUT2D eigenvalue weighted by atomic mass is 16.3. The molecular formula is C26H26N6O2. The number of hydrogen-bond donors (Lipinski definition) is 1. The summed E-state index contributed by atoms with van der Waals surface area (Å²) >= 11 is 0. The summed E-state index contributed by atoms with van der Waals surface area (Å²) in [6.07, 6.45) is 1.65. The third-order valence-corrected chi connectivity index (χ3v) is 6.04. The van der Waals surface area contributed by atoms with E-state index in [2.05, 4.69) is 38.4 Å². The maximum atomic E-state index is 12.9. The van der Waals surface area contributed by atoms with Crippen molar-refractivity contribution in [3.05, 3.63) is 111 Å². The maximum absolute atomic E-state index is 12.9. The average Bonchev–Trinajstić information content (AvgIpc) is 3.49. The molecule has 0 radical (unpaired) electrons. The summed E-state index contributed by atoms with van der Waals surface area (Å²) in [5.74, 6) is 1.53. The Bertz CT molecular complexity index is 1450. The predicted molar refractivity (Wildman–Crippen MR) is 129 cm³/mol. The predicted octanol–water partition coefficient (Wildman–Crippen LogP) is 3.98. The molecule has 3 aromatic heterocycles. The van der Waals surface area contributed by atoms with Crippen molar-refractivity contribution in [2.75, 3.05) is 0 Å². The Morgan fingerprint density at radius 1 is 0.971 bits per heavy atom. The number of rotatable bonds is 8. The monoisotopic (exact) mass is 454 g/mol. The van der Waals surface area contributed by atoms with Gasteiger partial charge in [-0.05, 0) is 76.7 Å². The van der Waals surface area contributed by atoms with Crippen LogP contribution in [0.1, 0.15) is 33.8 Å². The molecular weight excluding hydrogens is 428 g/mol. The summed E-state index contributed by atoms with van der Waals surface area (Å²) in [7, 11) is 0. The van der Waals surface area contributed by atoms with E-state index in [0.29, 0.717) is 31.7 Å². The Morgan fingerprint density at radius 3 is 2.59 bits per heavy atom. The average molecular weight is 455 g/mol. The largest absolute Gasteiger partial charge is 0.468 e. The number of hydrogen-bond acceptors (Lipinski definition) is 6. The minimum Gasteiger partial charge on any atom is -0.468 e. The molecule has 0 saturated carbocycles. The van der Waals surface area contributed by atoms with Gasteiger partial charge in [0.25, 0.3) is 5.56 Å². The number of benzene rings is 2. The van der Waals surface area contributed by atoms with Gasteiger partial charge in [-0.25, -0.2) is 4.68 Å². The lowest BCUT2D eigenvalue weighted by Gasteiger charge is -2.21. The third kappa shape index (κ3) is 4.82. The standard InChI is InChI=1S/C26H26N6O2/c1-18-11-21-13-22(26(33)27-24(21)12-19(18)2)15-31(16-23-9-6-10-34-23)17-25-28-29-30-32(25)14-20-7-4-3-5-8-20/h3-13H,14-17H2,1-2H3,(H,27,33). The second-order valence-corrected chi connectivity index (χ2v) is 8.61. The van der Waals surface area contributed by atoms with Crippen molar-refractivity contribution in [1.29, 1.82) is 0 Å². The Hall–Kier alpha value is -4.04. The molecule has 0 aliphatic carbocycles. The number of aromatic amines is 1. The van der Waals surface area contributed by atoms with E-state index in [1.807, 2.05) is 61.5 Å². The van der Waals surface area contributed by atoms with Gasteiger partial charge < -0.3 is 9.40 Å². The summed E-state index contributed by atoms with van der Waals surface area (Å²) in [6.45, 7) is 6.12. The van der Waals surface area contributed by atoms with Gasteiger partial charge in [0.2, 0.25) is 0 Å². The molecule has 0 aliphatic rings. The van der Waals surface area contributed by atoms with Crippen LogP contribution in [0.2, 0.25) is 0 Å². The van der Waals surface area contributed by atoms with Crippen molar-refractivity contribution < 1.29 is 4.42 Å². The van der Waals surface area contributed by atoms with Crippen molar-refractivity contribution >= 4 is 10.9 Å². The van der Waals surface area contributed by atoms with Gasteiger partial charge in [-0.3, -0.25) is 9.69 Å². The smallest absolute Gasteiger partial charge is 0.252 e. The third-order valence-electron chi connectivity index (χ3n) is 6.04. The molecule has 1 N–H and O–H groups in total. The van der Waals surface area contributed by atoms with Crippen LogP contribution in [0.15, 0.2) is 76.1 Å². The van der Waals surface area contributed by atoms with E-state index in [9.17, 15) is 4.79 Å². The summed E-state index contributed by atoms with van der Waals surface area (Å²) in [4.78, 5) is 18.1. The highest BCUT2D eigenvalue weighted by molar-refractivity contribution is 5.80. The van der Waals surface area contributed by atoms with Gasteiger partial charge in [-0.1, -0.05) is 30.3 Å². The van der Waals surface area contributed by atoms with Gasteiger partial charge in [0.15, 0.2) is 5.82 Å². The lowest BCUT2D eigenvalue weighted by Crippen LogP contribution is -2.28. The van der Waals surface area contributed by atoms with Crippen LogP contribution in [0.3, 0.4) is 0 Å². The van der Waals surface area contributed by atoms with Crippen LogP contribution in [0.25, 0.3) is 10.9 Å². The van der Waals surface area contributed by atoms with Crippen molar-refractivity contribution in [1.82, 2.24) is 30.1 Å². The number of aryl methyl sites for hydroxylation is 2. The summed E-state index contributed by atoms with van der Waals surface area (Å²) in [5.41, 5.74) is 4.90. The van der Waals surface area contributed by atoms with Gasteiger partial charge in [-0.2, -0.15) is 0 Å². The van der Waals surface area contributed by atoms with Crippen LogP contribution in [0.4, 0.5) is 0 Å². The topological polar surface area (TPSA) is 92.8 Å². The van der Waals surface area contributed by atoms with Crippen molar-refractivity contribution in [2.24, 2.45) is 0 Å². The summed E-state index contributed by atoms with van der Waals surface area (Å²) in [6, 6.07) is 20.0. The molecule has 34 heavy (non-hydrogen) atoms. The van der Waals surface area contributed by atoms with E-state index in [0.717, 1.165) is 33.6 Å². The first-order chi connectivity index (χ1) is 16.5. The molecule has 0 atom stereocenters. The van der Waals surface area contributed by atoms with Gasteiger partial charge in [0.1, 0.15) is 5.76 Å².